The molecule has 0 atom stereocenters. The second-order valence-electron chi connectivity index (χ2n) is 6.35. The maximum absolute atomic E-state index is 12.4. The molecule has 0 spiro atoms. The zero-order valence-corrected chi connectivity index (χ0v) is 15.8. The average molecular weight is 394 g/mol. The first-order valence-corrected chi connectivity index (χ1v) is 9.91. The number of hydrogen-bond donors (Lipinski definition) is 1. The summed E-state index contributed by atoms with van der Waals surface area (Å²) in [5.41, 5.74) is 1.76. The zero-order valence-electron chi connectivity index (χ0n) is 15.0. The van der Waals surface area contributed by atoms with Crippen molar-refractivity contribution in [3.63, 3.8) is 0 Å². The first-order valence-electron chi connectivity index (χ1n) is 8.92. The summed E-state index contributed by atoms with van der Waals surface area (Å²) in [6.07, 6.45) is 0.715. The van der Waals surface area contributed by atoms with Crippen LogP contribution in [0.1, 0.15) is 26.3 Å². The van der Waals surface area contributed by atoms with Gasteiger partial charge in [-0.05, 0) is 24.1 Å². The number of hydrogen-bond acceptors (Lipinski definition) is 5. The number of rotatable bonds is 7. The number of benzene rings is 2. The van der Waals surface area contributed by atoms with Crippen LogP contribution in [0, 0.1) is 0 Å². The maximum atomic E-state index is 12.4. The highest BCUT2D eigenvalue weighted by Gasteiger charge is 2.34. The fourth-order valence-corrected chi connectivity index (χ4v) is 4.06. The number of amides is 2. The molecule has 2 heterocycles. The van der Waals surface area contributed by atoms with Gasteiger partial charge in [-0.3, -0.25) is 19.1 Å². The van der Waals surface area contributed by atoms with Gasteiger partial charge in [-0.25, -0.2) is 9.89 Å². The molecule has 2 amide bonds. The molecule has 0 radical (unpaired) electrons. The van der Waals surface area contributed by atoms with E-state index in [1.54, 1.807) is 28.8 Å². The number of nitrogens with one attached hydrogen (secondary N) is 1. The van der Waals surface area contributed by atoms with Crippen LogP contribution in [0.5, 0.6) is 0 Å². The lowest BCUT2D eigenvalue weighted by atomic mass is 10.1. The van der Waals surface area contributed by atoms with Gasteiger partial charge >= 0.3 is 5.69 Å². The van der Waals surface area contributed by atoms with Crippen molar-refractivity contribution in [2.45, 2.75) is 18.1 Å². The van der Waals surface area contributed by atoms with Gasteiger partial charge in [-0.15, -0.1) is 5.10 Å². The Morgan fingerprint density at radius 1 is 0.857 bits per heavy atom. The topological polar surface area (TPSA) is 88.1 Å². The lowest BCUT2D eigenvalue weighted by Crippen LogP contribution is -2.32. The van der Waals surface area contributed by atoms with Gasteiger partial charge in [0.15, 0.2) is 5.16 Å². The third kappa shape index (κ3) is 3.50. The summed E-state index contributed by atoms with van der Waals surface area (Å²) in [7, 11) is 0. The minimum atomic E-state index is -0.273. The molecule has 0 unspecified atom stereocenters. The van der Waals surface area contributed by atoms with E-state index in [-0.39, 0.29) is 24.0 Å². The predicted octanol–water partition coefficient (Wildman–Crippen LogP) is 2.20. The zero-order chi connectivity index (χ0) is 19.5. The minimum absolute atomic E-state index is 0.261. The van der Waals surface area contributed by atoms with Crippen molar-refractivity contribution in [1.82, 2.24) is 19.7 Å². The Balaban J connectivity index is 1.38. The van der Waals surface area contributed by atoms with Crippen LogP contribution in [0.4, 0.5) is 0 Å². The van der Waals surface area contributed by atoms with E-state index in [0.29, 0.717) is 35.0 Å². The third-order valence-electron chi connectivity index (χ3n) is 4.61. The first-order chi connectivity index (χ1) is 13.6. The first kappa shape index (κ1) is 18.2. The number of aromatic amines is 1. The van der Waals surface area contributed by atoms with Gasteiger partial charge in [0, 0.05) is 18.8 Å². The maximum Gasteiger partial charge on any atom is 0.343 e. The Hall–Kier alpha value is -3.13. The van der Waals surface area contributed by atoms with Crippen LogP contribution in [0.2, 0.25) is 0 Å². The number of nitrogens with zero attached hydrogens (tertiary/aromatic N) is 3. The lowest BCUT2D eigenvalue weighted by Gasteiger charge is -2.13. The van der Waals surface area contributed by atoms with E-state index < -0.39 is 0 Å². The summed E-state index contributed by atoms with van der Waals surface area (Å²) in [5, 5.41) is 7.10. The molecule has 28 heavy (non-hydrogen) atoms. The van der Waals surface area contributed by atoms with E-state index in [2.05, 4.69) is 10.2 Å². The largest absolute Gasteiger partial charge is 0.343 e. The Kier molecular flexibility index (Phi) is 5.12. The Bertz CT molecular complexity index is 1040. The molecule has 3 aromatic rings. The molecule has 1 aliphatic rings. The van der Waals surface area contributed by atoms with Crippen LogP contribution in [0.3, 0.4) is 0 Å². The molecule has 4 rings (SSSR count). The second-order valence-corrected chi connectivity index (χ2v) is 7.42. The molecule has 0 fully saturated rings. The number of imide groups is 1. The second kappa shape index (κ2) is 7.85. The minimum Gasteiger partial charge on any atom is -0.273 e. The molecular weight excluding hydrogens is 376 g/mol. The van der Waals surface area contributed by atoms with Crippen molar-refractivity contribution in [2.75, 3.05) is 12.3 Å². The molecule has 1 N–H and O–H groups in total. The highest BCUT2D eigenvalue weighted by Crippen LogP contribution is 2.23. The fraction of sp³-hybridized carbons (Fsp3) is 0.200. The molecule has 2 aromatic carbocycles. The molecule has 1 aliphatic heterocycles. The van der Waals surface area contributed by atoms with Gasteiger partial charge in [-0.1, -0.05) is 54.2 Å². The van der Waals surface area contributed by atoms with Crippen molar-refractivity contribution in [2.24, 2.45) is 0 Å². The van der Waals surface area contributed by atoms with Crippen molar-refractivity contribution < 1.29 is 9.59 Å². The summed E-state index contributed by atoms with van der Waals surface area (Å²) in [6, 6.07) is 16.7. The SMILES string of the molecule is O=C1c2ccccc2C(=O)N1CCSc1n[nH]c(=O)n1CCc1ccccc1. The third-order valence-corrected chi connectivity index (χ3v) is 5.57. The Labute approximate surface area is 165 Å². The Morgan fingerprint density at radius 2 is 1.50 bits per heavy atom. The van der Waals surface area contributed by atoms with Crippen LogP contribution >= 0.6 is 11.8 Å². The normalized spacial score (nSPS) is 13.2. The molecular formula is C20H18N4O3S. The summed E-state index contributed by atoms with van der Waals surface area (Å²) in [6.45, 7) is 0.769. The van der Waals surface area contributed by atoms with Crippen LogP contribution in [0.15, 0.2) is 64.5 Å². The highest BCUT2D eigenvalue weighted by atomic mass is 32.2. The van der Waals surface area contributed by atoms with Crippen molar-refractivity contribution in [1.29, 1.82) is 0 Å². The standard InChI is InChI=1S/C20H18N4O3S/c25-17-15-8-4-5-9-16(15)18(26)23(17)12-13-28-20-22-21-19(27)24(20)11-10-14-6-2-1-3-7-14/h1-9H,10-13H2,(H,21,27). The summed E-state index contributed by atoms with van der Waals surface area (Å²) >= 11 is 1.35. The van der Waals surface area contributed by atoms with Gasteiger partial charge in [0.2, 0.25) is 0 Å². The van der Waals surface area contributed by atoms with Crippen LogP contribution < -0.4 is 5.69 Å². The molecule has 8 heteroatoms. The van der Waals surface area contributed by atoms with E-state index in [9.17, 15) is 14.4 Å². The van der Waals surface area contributed by atoms with E-state index in [4.69, 9.17) is 0 Å². The summed E-state index contributed by atoms with van der Waals surface area (Å²) < 4.78 is 1.58. The molecule has 7 nitrogen and oxygen atoms in total. The molecule has 142 valence electrons. The fourth-order valence-electron chi connectivity index (χ4n) is 3.17. The molecule has 0 bridgehead atoms. The summed E-state index contributed by atoms with van der Waals surface area (Å²) in [4.78, 5) is 38.1. The van der Waals surface area contributed by atoms with E-state index in [1.165, 1.54) is 16.7 Å². The number of thioether (sulfide) groups is 1. The van der Waals surface area contributed by atoms with Gasteiger partial charge < -0.3 is 0 Å². The van der Waals surface area contributed by atoms with Crippen molar-refractivity contribution in [3.05, 3.63) is 81.8 Å². The van der Waals surface area contributed by atoms with Crippen molar-refractivity contribution >= 4 is 23.6 Å². The number of carbonyl (C=O) groups is 2. The quantitative estimate of drug-likeness (QED) is 0.490. The molecule has 1 aromatic heterocycles. The lowest BCUT2D eigenvalue weighted by molar-refractivity contribution is 0.0664. The smallest absolute Gasteiger partial charge is 0.273 e. The molecule has 0 saturated carbocycles. The number of aromatic nitrogens is 3. The molecule has 0 aliphatic carbocycles. The van der Waals surface area contributed by atoms with E-state index in [0.717, 1.165) is 5.56 Å². The van der Waals surface area contributed by atoms with Gasteiger partial charge in [0.25, 0.3) is 11.8 Å². The van der Waals surface area contributed by atoms with E-state index >= 15 is 0 Å². The number of aryl methyl sites for hydroxylation is 1. The van der Waals surface area contributed by atoms with Crippen LogP contribution in [0.25, 0.3) is 0 Å². The number of carbonyl (C=O) groups excluding carboxylic acids is 2. The average Bonchev–Trinajstić information content (AvgIpc) is 3.19. The van der Waals surface area contributed by atoms with Crippen molar-refractivity contribution in [3.8, 4) is 0 Å². The predicted molar refractivity (Wildman–Crippen MR) is 106 cm³/mol. The van der Waals surface area contributed by atoms with Gasteiger partial charge in [0.05, 0.1) is 11.1 Å². The number of fused-ring (bicyclic) bond motifs is 1. The highest BCUT2D eigenvalue weighted by molar-refractivity contribution is 7.99. The Morgan fingerprint density at radius 3 is 2.18 bits per heavy atom. The molecule has 0 saturated heterocycles. The van der Waals surface area contributed by atoms with Crippen LogP contribution in [-0.2, 0) is 13.0 Å². The van der Waals surface area contributed by atoms with Gasteiger partial charge in [0.1, 0.15) is 0 Å². The summed E-state index contributed by atoms with van der Waals surface area (Å²) in [5.74, 6) is -0.0874. The number of H-pyrrole nitrogens is 1. The van der Waals surface area contributed by atoms with Gasteiger partial charge in [-0.2, -0.15) is 0 Å². The monoisotopic (exact) mass is 394 g/mol. The van der Waals surface area contributed by atoms with E-state index in [1.807, 2.05) is 30.3 Å². The van der Waals surface area contributed by atoms with Crippen LogP contribution in [-0.4, -0.2) is 43.8 Å².